The molecule has 1 saturated carbocycles. The average molecular weight is 350 g/mol. The van der Waals surface area contributed by atoms with Crippen LogP contribution in [0.5, 0.6) is 5.75 Å². The lowest BCUT2D eigenvalue weighted by Crippen LogP contribution is -2.34. The van der Waals surface area contributed by atoms with Gasteiger partial charge in [0.2, 0.25) is 0 Å². The normalized spacial score (nSPS) is 25.3. The van der Waals surface area contributed by atoms with Crippen molar-refractivity contribution < 1.29 is 14.9 Å². The van der Waals surface area contributed by atoms with Crippen molar-refractivity contribution in [3.63, 3.8) is 0 Å². The number of rotatable bonds is 3. The van der Waals surface area contributed by atoms with Gasteiger partial charge in [0, 0.05) is 18.0 Å². The third-order valence-corrected chi connectivity index (χ3v) is 4.95. The monoisotopic (exact) mass is 350 g/mol. The summed E-state index contributed by atoms with van der Waals surface area (Å²) < 4.78 is 7.72. The number of aliphatic hydroxyl groups excluding tert-OH is 2. The lowest BCUT2D eigenvalue weighted by Gasteiger charge is -2.19. The maximum absolute atomic E-state index is 10.6. The van der Waals surface area contributed by atoms with Crippen molar-refractivity contribution in [2.75, 3.05) is 0 Å². The molecule has 4 atom stereocenters. The molecule has 2 aromatic heterocycles. The molecule has 0 amide bonds. The van der Waals surface area contributed by atoms with Crippen LogP contribution in [0.3, 0.4) is 0 Å². The molecule has 0 spiro atoms. The fourth-order valence-electron chi connectivity index (χ4n) is 3.55. The van der Waals surface area contributed by atoms with E-state index in [4.69, 9.17) is 4.74 Å². The number of fused-ring (bicyclic) bond motifs is 1. The number of hydrogen-bond acceptors (Lipinski definition) is 6. The van der Waals surface area contributed by atoms with Crippen LogP contribution in [0.1, 0.15) is 23.7 Å². The first-order valence-electron chi connectivity index (χ1n) is 8.40. The topological polar surface area (TPSA) is 104 Å². The smallest absolute Gasteiger partial charge is 0.143 e. The molecule has 3 unspecified atom stereocenters. The summed E-state index contributed by atoms with van der Waals surface area (Å²) in [4.78, 5) is 8.50. The molecule has 0 saturated heterocycles. The van der Waals surface area contributed by atoms with Gasteiger partial charge in [-0.15, -0.1) is 0 Å². The van der Waals surface area contributed by atoms with Gasteiger partial charge in [0.05, 0.1) is 17.3 Å². The van der Waals surface area contributed by atoms with Crippen LogP contribution in [0.4, 0.5) is 0 Å². The van der Waals surface area contributed by atoms with Crippen LogP contribution in [0.25, 0.3) is 11.0 Å². The van der Waals surface area contributed by atoms with Crippen LogP contribution >= 0.6 is 0 Å². The van der Waals surface area contributed by atoms with Gasteiger partial charge in [-0.2, -0.15) is 5.26 Å². The molecule has 0 radical (unpaired) electrons. The Morgan fingerprint density at radius 2 is 2.00 bits per heavy atom. The summed E-state index contributed by atoms with van der Waals surface area (Å²) in [6.45, 7) is 1.90. The standard InChI is InChI=1S/C19H18N4O3/c1-11-13-6-7-23(19(13)22-10-21-11)14-8-16(18(25)17(14)24)26-15-5-3-2-4-12(15)9-20/h2-7,10,14,16-18,24-25H,8H2,1H3/t14-,16?,17?,18?/m0/s1. The minimum atomic E-state index is -1.06. The van der Waals surface area contributed by atoms with E-state index < -0.39 is 18.3 Å². The molecule has 7 heteroatoms. The molecule has 7 nitrogen and oxygen atoms in total. The van der Waals surface area contributed by atoms with Crippen molar-refractivity contribution in [3.05, 3.63) is 54.1 Å². The van der Waals surface area contributed by atoms with Gasteiger partial charge in [0.25, 0.3) is 0 Å². The van der Waals surface area contributed by atoms with Crippen molar-refractivity contribution >= 4 is 11.0 Å². The summed E-state index contributed by atoms with van der Waals surface area (Å²) in [5.74, 6) is 0.405. The molecule has 1 aliphatic carbocycles. The van der Waals surface area contributed by atoms with Crippen LogP contribution < -0.4 is 4.74 Å². The van der Waals surface area contributed by atoms with E-state index in [1.165, 1.54) is 6.33 Å². The van der Waals surface area contributed by atoms with E-state index in [1.807, 2.05) is 23.8 Å². The largest absolute Gasteiger partial charge is 0.486 e. The van der Waals surface area contributed by atoms with Crippen molar-refractivity contribution in [2.45, 2.75) is 37.7 Å². The zero-order chi connectivity index (χ0) is 18.3. The van der Waals surface area contributed by atoms with Crippen LogP contribution in [-0.2, 0) is 0 Å². The third-order valence-electron chi connectivity index (χ3n) is 4.95. The first kappa shape index (κ1) is 16.5. The average Bonchev–Trinajstić information content (AvgIpc) is 3.20. The highest BCUT2D eigenvalue weighted by Crippen LogP contribution is 2.36. The summed E-state index contributed by atoms with van der Waals surface area (Å²) in [7, 11) is 0. The number of benzene rings is 1. The molecule has 1 aliphatic rings. The predicted octanol–water partition coefficient (Wildman–Crippen LogP) is 1.73. The molecular formula is C19H18N4O3. The summed E-state index contributed by atoms with van der Waals surface area (Å²) in [6, 6.07) is 10.5. The Bertz CT molecular complexity index is 994. The Kier molecular flexibility index (Phi) is 4.07. The highest BCUT2D eigenvalue weighted by atomic mass is 16.5. The Hall–Kier alpha value is -2.95. The Balaban J connectivity index is 1.64. The van der Waals surface area contributed by atoms with Gasteiger partial charge in [0.15, 0.2) is 0 Å². The van der Waals surface area contributed by atoms with E-state index in [9.17, 15) is 15.5 Å². The van der Waals surface area contributed by atoms with Crippen LogP contribution in [0.15, 0.2) is 42.9 Å². The first-order chi connectivity index (χ1) is 12.6. The number of ether oxygens (including phenoxy) is 1. The highest BCUT2D eigenvalue weighted by molar-refractivity contribution is 5.78. The summed E-state index contributed by atoms with van der Waals surface area (Å²) >= 11 is 0. The van der Waals surface area contributed by atoms with E-state index in [0.29, 0.717) is 23.4 Å². The molecule has 4 rings (SSSR count). The van der Waals surface area contributed by atoms with Crippen LogP contribution in [-0.4, -0.2) is 43.1 Å². The maximum Gasteiger partial charge on any atom is 0.143 e. The van der Waals surface area contributed by atoms with Gasteiger partial charge < -0.3 is 19.5 Å². The van der Waals surface area contributed by atoms with E-state index >= 15 is 0 Å². The second-order valence-corrected chi connectivity index (χ2v) is 6.47. The van der Waals surface area contributed by atoms with Crippen molar-refractivity contribution in [3.8, 4) is 11.8 Å². The minimum Gasteiger partial charge on any atom is -0.486 e. The van der Waals surface area contributed by atoms with Crippen LogP contribution in [0.2, 0.25) is 0 Å². The third kappa shape index (κ3) is 2.60. The molecule has 132 valence electrons. The van der Waals surface area contributed by atoms with E-state index in [0.717, 1.165) is 11.1 Å². The Labute approximate surface area is 150 Å². The quantitative estimate of drug-likeness (QED) is 0.745. The van der Waals surface area contributed by atoms with E-state index in [2.05, 4.69) is 16.0 Å². The Morgan fingerprint density at radius 3 is 2.81 bits per heavy atom. The van der Waals surface area contributed by atoms with Gasteiger partial charge in [-0.1, -0.05) is 12.1 Å². The zero-order valence-corrected chi connectivity index (χ0v) is 14.1. The number of nitrogens with zero attached hydrogens (tertiary/aromatic N) is 4. The number of para-hydroxylation sites is 1. The first-order valence-corrected chi connectivity index (χ1v) is 8.40. The summed E-state index contributed by atoms with van der Waals surface area (Å²) in [5.41, 5.74) is 1.97. The summed E-state index contributed by atoms with van der Waals surface area (Å²) in [6.07, 6.45) is 1.05. The fraction of sp³-hybridized carbons (Fsp3) is 0.316. The predicted molar refractivity (Wildman–Crippen MR) is 93.5 cm³/mol. The molecule has 0 aliphatic heterocycles. The zero-order valence-electron chi connectivity index (χ0n) is 14.1. The molecule has 26 heavy (non-hydrogen) atoms. The second-order valence-electron chi connectivity index (χ2n) is 6.47. The van der Waals surface area contributed by atoms with Crippen LogP contribution in [0, 0.1) is 18.3 Å². The molecule has 0 bridgehead atoms. The lowest BCUT2D eigenvalue weighted by atomic mass is 10.2. The summed E-state index contributed by atoms with van der Waals surface area (Å²) in [5, 5.41) is 31.2. The van der Waals surface area contributed by atoms with Gasteiger partial charge in [0.1, 0.15) is 42.1 Å². The molecule has 1 aromatic carbocycles. The number of hydrogen-bond donors (Lipinski definition) is 2. The van der Waals surface area contributed by atoms with Gasteiger partial charge in [-0.3, -0.25) is 0 Å². The van der Waals surface area contributed by atoms with E-state index in [-0.39, 0.29) is 6.04 Å². The van der Waals surface area contributed by atoms with Crippen molar-refractivity contribution in [1.82, 2.24) is 14.5 Å². The SMILES string of the molecule is Cc1ncnc2c1ccn2[C@H]1CC(Oc2ccccc2C#N)C(O)C1O. The number of nitriles is 1. The van der Waals surface area contributed by atoms with Crippen molar-refractivity contribution in [2.24, 2.45) is 0 Å². The number of aliphatic hydroxyl groups is 2. The molecule has 1 fully saturated rings. The highest BCUT2D eigenvalue weighted by Gasteiger charge is 2.44. The molecule has 2 heterocycles. The molecule has 2 N–H and O–H groups in total. The van der Waals surface area contributed by atoms with E-state index in [1.54, 1.807) is 24.3 Å². The van der Waals surface area contributed by atoms with Crippen molar-refractivity contribution in [1.29, 1.82) is 5.26 Å². The van der Waals surface area contributed by atoms with Gasteiger partial charge >= 0.3 is 0 Å². The maximum atomic E-state index is 10.6. The number of aromatic nitrogens is 3. The minimum absolute atomic E-state index is 0.379. The van der Waals surface area contributed by atoms with Gasteiger partial charge in [-0.05, 0) is 25.1 Å². The molecule has 3 aromatic rings. The lowest BCUT2D eigenvalue weighted by molar-refractivity contribution is -0.0164. The Morgan fingerprint density at radius 1 is 1.19 bits per heavy atom. The van der Waals surface area contributed by atoms with Gasteiger partial charge in [-0.25, -0.2) is 9.97 Å². The molecular weight excluding hydrogens is 332 g/mol. The second kappa shape index (κ2) is 6.41. The fourth-order valence-corrected chi connectivity index (χ4v) is 3.55. The number of aryl methyl sites for hydroxylation is 1.